The maximum atomic E-state index is 11.7. The third-order valence-corrected chi connectivity index (χ3v) is 11.2. The number of aliphatic hydroxyl groups is 1. The van der Waals surface area contributed by atoms with E-state index in [4.69, 9.17) is 9.40 Å². The summed E-state index contributed by atoms with van der Waals surface area (Å²) in [5, 5.41) is 13.6. The molecule has 233 valence electrons. The number of rotatable bonds is 8. The van der Waals surface area contributed by atoms with Crippen LogP contribution in [0.15, 0.2) is 52.8 Å². The first kappa shape index (κ1) is 35.0. The van der Waals surface area contributed by atoms with Crippen molar-refractivity contribution >= 4 is 41.0 Å². The Morgan fingerprint density at radius 2 is 1.60 bits per heavy atom. The molecule has 0 atom stereocenters. The zero-order valence-electron chi connectivity index (χ0n) is 27.6. The molecule has 5 rings (SSSR count). The standard InChI is InChI=1S/C24H24NOSi.C13H24O2.Ir/c1-14-9-10-15-19-20-16(24(2,3)17-8-7-13-25-21(15)17)11-12-18(27(4,5)6)23(20)26-22(14)19;1-5-10(6-2)12(14)9-13(15)11(7-3)8-4;/h7-9,11-13H,1-6H3;9-11,14H,5-8H2,1-4H3;/q-1;;/b;12-9-;. The van der Waals surface area contributed by atoms with E-state index in [1.54, 1.807) is 0 Å². The average molecular weight is 775 g/mol. The summed E-state index contributed by atoms with van der Waals surface area (Å²) in [6.07, 6.45) is 6.79. The fourth-order valence-electron chi connectivity index (χ4n) is 6.37. The van der Waals surface area contributed by atoms with Crippen molar-refractivity contribution in [2.75, 3.05) is 0 Å². The molecule has 0 unspecified atom stereocenters. The average Bonchev–Trinajstić information content (AvgIpc) is 3.32. The monoisotopic (exact) mass is 775 g/mol. The van der Waals surface area contributed by atoms with E-state index in [2.05, 4.69) is 64.7 Å². The van der Waals surface area contributed by atoms with Gasteiger partial charge in [0.1, 0.15) is 5.58 Å². The van der Waals surface area contributed by atoms with E-state index in [1.165, 1.54) is 33.2 Å². The summed E-state index contributed by atoms with van der Waals surface area (Å²) >= 11 is 0. The molecule has 2 aromatic heterocycles. The van der Waals surface area contributed by atoms with E-state index in [1.807, 2.05) is 46.0 Å². The number of fused-ring (bicyclic) bond motifs is 2. The summed E-state index contributed by atoms with van der Waals surface area (Å²) in [7, 11) is -1.56. The molecule has 0 spiro atoms. The zero-order chi connectivity index (χ0) is 31.0. The van der Waals surface area contributed by atoms with Crippen molar-refractivity contribution in [2.45, 2.75) is 99.2 Å². The van der Waals surface area contributed by atoms with Crippen LogP contribution in [0.5, 0.6) is 0 Å². The van der Waals surface area contributed by atoms with Gasteiger partial charge in [0.25, 0.3) is 0 Å². The van der Waals surface area contributed by atoms with Gasteiger partial charge in [0.2, 0.25) is 0 Å². The summed E-state index contributed by atoms with van der Waals surface area (Å²) in [6, 6.07) is 14.5. The van der Waals surface area contributed by atoms with Crippen LogP contribution in [0.25, 0.3) is 33.2 Å². The van der Waals surface area contributed by atoms with Crippen LogP contribution in [0.2, 0.25) is 19.6 Å². The van der Waals surface area contributed by atoms with Gasteiger partial charge in [-0.15, -0.1) is 17.7 Å². The number of carbonyl (C=O) groups is 1. The largest absolute Gasteiger partial charge is 0.512 e. The van der Waals surface area contributed by atoms with Crippen LogP contribution >= 0.6 is 0 Å². The van der Waals surface area contributed by atoms with E-state index in [0.29, 0.717) is 0 Å². The number of allylic oxidation sites excluding steroid dienone is 2. The Kier molecular flexibility index (Phi) is 11.1. The summed E-state index contributed by atoms with van der Waals surface area (Å²) in [4.78, 5) is 16.5. The Morgan fingerprint density at radius 3 is 2.19 bits per heavy atom. The first-order chi connectivity index (χ1) is 19.8. The molecule has 43 heavy (non-hydrogen) atoms. The van der Waals surface area contributed by atoms with Crippen LogP contribution in [-0.2, 0) is 30.3 Å². The number of furan rings is 1. The number of hydrogen-bond donors (Lipinski definition) is 1. The minimum absolute atomic E-state index is 0. The predicted octanol–water partition coefficient (Wildman–Crippen LogP) is 9.81. The maximum Gasteiger partial charge on any atom is 0.162 e. The second-order valence-corrected chi connectivity index (χ2v) is 18.3. The van der Waals surface area contributed by atoms with E-state index < -0.39 is 8.07 Å². The van der Waals surface area contributed by atoms with Gasteiger partial charge in [0, 0.05) is 49.6 Å². The van der Waals surface area contributed by atoms with Crippen LogP contribution in [-0.4, -0.2) is 23.9 Å². The maximum absolute atomic E-state index is 11.7. The van der Waals surface area contributed by atoms with Gasteiger partial charge in [-0.3, -0.25) is 4.79 Å². The molecule has 2 heterocycles. The summed E-state index contributed by atoms with van der Waals surface area (Å²) < 4.78 is 6.59. The molecule has 0 bridgehead atoms. The van der Waals surface area contributed by atoms with Gasteiger partial charge >= 0.3 is 0 Å². The number of aryl methyl sites for hydroxylation is 1. The molecule has 1 radical (unpaired) electrons. The third-order valence-electron chi connectivity index (χ3n) is 9.16. The molecule has 0 amide bonds. The van der Waals surface area contributed by atoms with E-state index in [-0.39, 0.29) is 48.9 Å². The third kappa shape index (κ3) is 6.48. The summed E-state index contributed by atoms with van der Waals surface area (Å²) in [5.74, 6) is 0.547. The minimum Gasteiger partial charge on any atom is -0.512 e. The Bertz CT molecular complexity index is 1640. The Labute approximate surface area is 272 Å². The second kappa shape index (κ2) is 13.6. The second-order valence-electron chi connectivity index (χ2n) is 13.3. The van der Waals surface area contributed by atoms with Crippen LogP contribution in [0, 0.1) is 24.8 Å². The van der Waals surface area contributed by atoms with E-state index >= 15 is 0 Å². The molecule has 0 aliphatic heterocycles. The number of nitrogens with zero attached hydrogens (tertiary/aromatic N) is 1. The van der Waals surface area contributed by atoms with Gasteiger partial charge in [-0.05, 0) is 53.6 Å². The van der Waals surface area contributed by atoms with E-state index in [0.717, 1.165) is 53.7 Å². The normalized spacial score (nSPS) is 14.0. The van der Waals surface area contributed by atoms with Crippen molar-refractivity contribution in [3.8, 4) is 11.3 Å². The van der Waals surface area contributed by atoms with Gasteiger partial charge in [0.15, 0.2) is 5.78 Å². The number of aliphatic hydroxyl groups excluding tert-OH is 1. The topological polar surface area (TPSA) is 63.3 Å². The predicted molar refractivity (Wildman–Crippen MR) is 179 cm³/mol. The minimum atomic E-state index is -1.56. The van der Waals surface area contributed by atoms with Crippen molar-refractivity contribution < 1.29 is 34.4 Å². The molecule has 4 nitrogen and oxygen atoms in total. The smallest absolute Gasteiger partial charge is 0.162 e. The molecule has 0 fully saturated rings. The number of benzene rings is 2. The molecule has 2 aromatic carbocycles. The molecule has 4 aromatic rings. The summed E-state index contributed by atoms with van der Waals surface area (Å²) in [6.45, 7) is 21.9. The van der Waals surface area contributed by atoms with Crippen molar-refractivity contribution in [3.05, 3.63) is 71.1 Å². The van der Waals surface area contributed by atoms with Gasteiger partial charge in [0.05, 0.1) is 19.4 Å². The first-order valence-corrected chi connectivity index (χ1v) is 19.1. The molecule has 6 heteroatoms. The van der Waals surface area contributed by atoms with Gasteiger partial charge in [-0.25, -0.2) is 0 Å². The summed E-state index contributed by atoms with van der Waals surface area (Å²) in [5.41, 5.74) is 7.72. The van der Waals surface area contributed by atoms with Crippen LogP contribution in [0.1, 0.15) is 83.9 Å². The zero-order valence-corrected chi connectivity index (χ0v) is 31.0. The quantitative estimate of drug-likeness (QED) is 0.0839. The van der Waals surface area contributed by atoms with Crippen molar-refractivity contribution in [2.24, 2.45) is 11.8 Å². The SMILES string of the molecule is CCC(CC)C(=O)/C=C(\O)C(CC)CC.Cc1c[c-]c2c3c1oc1c([Si](C)(C)C)ccc(c13)C(C)(C)c1cccnc1-2.[Ir]. The molecule has 1 N–H and O–H groups in total. The molecular weight excluding hydrogens is 727 g/mol. The number of ketones is 1. The van der Waals surface area contributed by atoms with Crippen LogP contribution in [0.4, 0.5) is 0 Å². The van der Waals surface area contributed by atoms with E-state index in [9.17, 15) is 9.90 Å². The first-order valence-electron chi connectivity index (χ1n) is 15.6. The van der Waals surface area contributed by atoms with Gasteiger partial charge < -0.3 is 14.5 Å². The van der Waals surface area contributed by atoms with Crippen molar-refractivity contribution in [1.29, 1.82) is 0 Å². The Hall–Kier alpha value is -2.53. The molecule has 0 saturated carbocycles. The fourth-order valence-corrected chi connectivity index (χ4v) is 7.81. The number of aromatic nitrogens is 1. The van der Waals surface area contributed by atoms with Crippen LogP contribution < -0.4 is 5.19 Å². The number of carbonyl (C=O) groups excluding carboxylic acids is 1. The molecule has 1 aliphatic carbocycles. The molecule has 0 saturated heterocycles. The molecule has 1 aliphatic rings. The number of hydrogen-bond acceptors (Lipinski definition) is 4. The van der Waals surface area contributed by atoms with Crippen molar-refractivity contribution in [1.82, 2.24) is 4.98 Å². The van der Waals surface area contributed by atoms with Gasteiger partial charge in [-0.1, -0.05) is 103 Å². The Morgan fingerprint density at radius 1 is 0.977 bits per heavy atom. The number of pyridine rings is 1. The van der Waals surface area contributed by atoms with Gasteiger partial charge in [-0.2, -0.15) is 0 Å². The molecular formula is C37H48IrNO3Si-. The Balaban J connectivity index is 0.000000274. The fraction of sp³-hybridized carbons (Fsp3) is 0.459. The van der Waals surface area contributed by atoms with Crippen LogP contribution in [0.3, 0.4) is 0 Å². The van der Waals surface area contributed by atoms with Crippen molar-refractivity contribution in [3.63, 3.8) is 0 Å².